The van der Waals surface area contributed by atoms with E-state index in [0.29, 0.717) is 12.0 Å². The van der Waals surface area contributed by atoms with Crippen molar-refractivity contribution in [2.45, 2.75) is 70.8 Å². The Morgan fingerprint density at radius 1 is 0.953 bits per heavy atom. The van der Waals surface area contributed by atoms with Crippen LogP contribution in [-0.2, 0) is 19.2 Å². The van der Waals surface area contributed by atoms with Gasteiger partial charge >= 0.3 is 0 Å². The van der Waals surface area contributed by atoms with Crippen molar-refractivity contribution in [3.63, 3.8) is 0 Å². The second-order valence-corrected chi connectivity index (χ2v) is 13.6. The van der Waals surface area contributed by atoms with Gasteiger partial charge < -0.3 is 5.11 Å². The van der Waals surface area contributed by atoms with E-state index in [-0.39, 0.29) is 40.7 Å². The van der Waals surface area contributed by atoms with Crippen LogP contribution in [0.3, 0.4) is 0 Å². The summed E-state index contributed by atoms with van der Waals surface area (Å²) in [5, 5.41) is 10.1. The number of carbonyl (C=O) groups is 4. The number of carbonyl (C=O) groups excluding carboxylic acids is 4. The Balaban J connectivity index is 1.35. The minimum Gasteiger partial charge on any atom is -0.508 e. The van der Waals surface area contributed by atoms with E-state index in [2.05, 4.69) is 0 Å². The van der Waals surface area contributed by atoms with Crippen molar-refractivity contribution in [3.8, 4) is 5.75 Å². The Kier molecular flexibility index (Phi) is 6.58. The number of hydrogen-bond acceptors (Lipinski definition) is 5. The van der Waals surface area contributed by atoms with Gasteiger partial charge in [-0.1, -0.05) is 54.6 Å². The van der Waals surface area contributed by atoms with Crippen LogP contribution in [0.1, 0.15) is 68.9 Å². The summed E-state index contributed by atoms with van der Waals surface area (Å²) in [5.74, 6) is -4.44. The molecule has 6 atom stereocenters. The van der Waals surface area contributed by atoms with Gasteiger partial charge in [0.25, 0.3) is 0 Å². The highest BCUT2D eigenvalue weighted by Gasteiger charge is 2.67. The van der Waals surface area contributed by atoms with E-state index in [9.17, 15) is 28.7 Å². The number of hydrogen-bond donors (Lipinski definition) is 1. The van der Waals surface area contributed by atoms with Gasteiger partial charge in [-0.05, 0) is 80.8 Å². The Morgan fingerprint density at radius 3 is 2.40 bits per heavy atom. The number of benzene rings is 2. The summed E-state index contributed by atoms with van der Waals surface area (Å²) in [6.45, 7) is 3.58. The van der Waals surface area contributed by atoms with E-state index < -0.39 is 52.6 Å². The number of phenols is 1. The fourth-order valence-electron chi connectivity index (χ4n) is 8.85. The summed E-state index contributed by atoms with van der Waals surface area (Å²) in [7, 11) is 0. The standard InChI is InChI=1S/C34H34ClFN2O5/c1-17-14-18(8-13-27(17)39)29-21-10-11-22-28(32(42)37(30(22)40)19-6-4-3-5-7-19)23(21)16-24-31(41)38(33(43)34(24,29)2)20-9-12-26(36)25(35)15-20/h8-10,12-15,19,22-24,28-29,39H,3-7,11,16H2,1-2H3. The minimum atomic E-state index is -1.22. The van der Waals surface area contributed by atoms with Gasteiger partial charge in [0, 0.05) is 12.0 Å². The Bertz CT molecular complexity index is 1620. The molecular formula is C34H34ClFN2O5. The van der Waals surface area contributed by atoms with Crippen molar-refractivity contribution in [2.24, 2.45) is 29.1 Å². The van der Waals surface area contributed by atoms with Crippen molar-refractivity contribution in [3.05, 3.63) is 70.0 Å². The topological polar surface area (TPSA) is 95.0 Å². The number of halogens is 2. The molecule has 4 fully saturated rings. The molecule has 2 aromatic rings. The van der Waals surface area contributed by atoms with Crippen molar-refractivity contribution < 1.29 is 28.7 Å². The summed E-state index contributed by atoms with van der Waals surface area (Å²) >= 11 is 6.07. The van der Waals surface area contributed by atoms with Crippen molar-refractivity contribution in [1.82, 2.24) is 4.90 Å². The second-order valence-electron chi connectivity index (χ2n) is 13.1. The molecule has 3 aliphatic carbocycles. The van der Waals surface area contributed by atoms with Crippen molar-refractivity contribution >= 4 is 40.9 Å². The maximum absolute atomic E-state index is 14.4. The lowest BCUT2D eigenvalue weighted by atomic mass is 9.51. The van der Waals surface area contributed by atoms with Crippen molar-refractivity contribution in [2.75, 3.05) is 4.90 Å². The molecule has 0 bridgehead atoms. The molecule has 7 nitrogen and oxygen atoms in total. The zero-order valence-corrected chi connectivity index (χ0v) is 24.9. The number of aryl methyl sites for hydroxylation is 1. The van der Waals surface area contributed by atoms with Gasteiger partial charge in [-0.15, -0.1) is 0 Å². The molecule has 43 heavy (non-hydrogen) atoms. The zero-order valence-electron chi connectivity index (χ0n) is 24.2. The summed E-state index contributed by atoms with van der Waals surface area (Å²) in [4.78, 5) is 59.2. The molecule has 0 radical (unpaired) electrons. The van der Waals surface area contributed by atoms with Crippen LogP contribution in [0.2, 0.25) is 5.02 Å². The largest absolute Gasteiger partial charge is 0.508 e. The summed E-state index contributed by atoms with van der Waals surface area (Å²) < 4.78 is 14.1. The fraction of sp³-hybridized carbons (Fsp3) is 0.471. The van der Waals surface area contributed by atoms with E-state index in [1.165, 1.54) is 17.0 Å². The summed E-state index contributed by atoms with van der Waals surface area (Å²) in [6.07, 6.45) is 7.42. The number of phenolic OH excluding ortho intramolecular Hbond substituents is 1. The maximum Gasteiger partial charge on any atom is 0.241 e. The monoisotopic (exact) mass is 604 g/mol. The number of likely N-dealkylation sites (tertiary alicyclic amines) is 1. The molecule has 0 aromatic heterocycles. The SMILES string of the molecule is Cc1cc(C2C3=CCC4C(=O)N(C5CCCCC5)C(=O)C4C3CC3C(=O)N(c4ccc(F)c(Cl)c4)C(=O)C32C)ccc1O. The third-order valence-electron chi connectivity index (χ3n) is 11.0. The van der Waals surface area contributed by atoms with E-state index in [1.54, 1.807) is 26.0 Å². The minimum absolute atomic E-state index is 0.0828. The van der Waals surface area contributed by atoms with Crippen LogP contribution in [0.4, 0.5) is 10.1 Å². The van der Waals surface area contributed by atoms with Crippen LogP contribution in [0.15, 0.2) is 48.0 Å². The summed E-state index contributed by atoms with van der Waals surface area (Å²) in [5.41, 5.74) is 1.27. The molecule has 2 aliphatic heterocycles. The molecular weight excluding hydrogens is 571 g/mol. The number of nitrogens with zero attached hydrogens (tertiary/aromatic N) is 2. The molecule has 2 aromatic carbocycles. The molecule has 6 unspecified atom stereocenters. The van der Waals surface area contributed by atoms with Crippen LogP contribution in [0.5, 0.6) is 5.75 Å². The molecule has 2 saturated heterocycles. The molecule has 0 spiro atoms. The van der Waals surface area contributed by atoms with E-state index in [0.717, 1.165) is 54.2 Å². The molecule has 1 N–H and O–H groups in total. The number of imide groups is 2. The van der Waals surface area contributed by atoms with Gasteiger partial charge in [0.15, 0.2) is 0 Å². The predicted octanol–water partition coefficient (Wildman–Crippen LogP) is 6.06. The number of allylic oxidation sites excluding steroid dienone is 2. The molecule has 7 rings (SSSR count). The first-order chi connectivity index (χ1) is 20.5. The first-order valence-electron chi connectivity index (χ1n) is 15.2. The maximum atomic E-state index is 14.4. The third kappa shape index (κ3) is 3.98. The molecule has 5 aliphatic rings. The average Bonchev–Trinajstić information content (AvgIpc) is 3.36. The quantitative estimate of drug-likeness (QED) is 0.340. The van der Waals surface area contributed by atoms with Crippen LogP contribution in [-0.4, -0.2) is 39.7 Å². The van der Waals surface area contributed by atoms with Gasteiger partial charge in [-0.2, -0.15) is 0 Å². The fourth-order valence-corrected chi connectivity index (χ4v) is 9.02. The van der Waals surface area contributed by atoms with Gasteiger partial charge in [-0.25, -0.2) is 9.29 Å². The van der Waals surface area contributed by atoms with Crippen LogP contribution < -0.4 is 4.90 Å². The number of fused-ring (bicyclic) bond motifs is 4. The first kappa shape index (κ1) is 28.3. The lowest BCUT2D eigenvalue weighted by Gasteiger charge is -2.49. The molecule has 224 valence electrons. The average molecular weight is 605 g/mol. The van der Waals surface area contributed by atoms with Gasteiger partial charge in [0.05, 0.1) is 33.9 Å². The molecule has 2 saturated carbocycles. The van der Waals surface area contributed by atoms with E-state index >= 15 is 0 Å². The third-order valence-corrected chi connectivity index (χ3v) is 11.3. The van der Waals surface area contributed by atoms with Crippen molar-refractivity contribution in [1.29, 1.82) is 0 Å². The van der Waals surface area contributed by atoms with E-state index in [1.807, 2.05) is 12.1 Å². The smallest absolute Gasteiger partial charge is 0.241 e. The Labute approximate surface area is 254 Å². The first-order valence-corrected chi connectivity index (χ1v) is 15.6. The molecule has 9 heteroatoms. The van der Waals surface area contributed by atoms with Gasteiger partial charge in [-0.3, -0.25) is 24.1 Å². The highest BCUT2D eigenvalue weighted by molar-refractivity contribution is 6.31. The number of amides is 4. The lowest BCUT2D eigenvalue weighted by molar-refractivity contribution is -0.144. The van der Waals surface area contributed by atoms with Crippen LogP contribution >= 0.6 is 11.6 Å². The van der Waals surface area contributed by atoms with E-state index in [4.69, 9.17) is 11.6 Å². The van der Waals surface area contributed by atoms with Gasteiger partial charge in [0.1, 0.15) is 11.6 Å². The summed E-state index contributed by atoms with van der Waals surface area (Å²) in [6, 6.07) is 8.92. The lowest BCUT2D eigenvalue weighted by Crippen LogP contribution is -2.49. The Hall–Kier alpha value is -3.52. The number of aromatic hydroxyl groups is 1. The normalized spacial score (nSPS) is 32.6. The zero-order chi connectivity index (χ0) is 30.4. The number of anilines is 1. The van der Waals surface area contributed by atoms with Gasteiger partial charge in [0.2, 0.25) is 23.6 Å². The highest BCUT2D eigenvalue weighted by atomic mass is 35.5. The molecule has 2 heterocycles. The molecule has 4 amide bonds. The predicted molar refractivity (Wildman–Crippen MR) is 158 cm³/mol. The Morgan fingerprint density at radius 2 is 1.70 bits per heavy atom. The highest BCUT2D eigenvalue weighted by Crippen LogP contribution is 2.64. The second kappa shape index (κ2) is 10.0. The van der Waals surface area contributed by atoms with Crippen LogP contribution in [0, 0.1) is 41.8 Å². The number of rotatable bonds is 3. The van der Waals surface area contributed by atoms with Crippen LogP contribution in [0.25, 0.3) is 0 Å².